The number of anilines is 3. The molecule has 0 amide bonds. The van der Waals surface area contributed by atoms with Crippen LogP contribution in [-0.4, -0.2) is 18.0 Å². The summed E-state index contributed by atoms with van der Waals surface area (Å²) < 4.78 is 18.3. The topological polar surface area (TPSA) is 26.6 Å². The first-order chi connectivity index (χ1) is 36.9. The summed E-state index contributed by atoms with van der Waals surface area (Å²) in [6.45, 7) is 18.3. The van der Waals surface area contributed by atoms with Crippen molar-refractivity contribution in [2.24, 2.45) is 23.7 Å². The molecule has 14 rings (SSSR count). The van der Waals surface area contributed by atoms with Crippen molar-refractivity contribution in [1.82, 2.24) is 4.57 Å². The summed E-state index contributed by atoms with van der Waals surface area (Å²) in [4.78, 5) is 2.54. The zero-order valence-corrected chi connectivity index (χ0v) is 45.2. The summed E-state index contributed by atoms with van der Waals surface area (Å²) >= 11 is 0. The lowest BCUT2D eigenvalue weighted by molar-refractivity contribution is 0.475. The minimum atomic E-state index is -0.161. The minimum Gasteiger partial charge on any atom is -0.456 e. The molecule has 0 aliphatic carbocycles. The molecule has 10 aromatic rings. The lowest BCUT2D eigenvalue weighted by Crippen LogP contribution is -2.63. The van der Waals surface area contributed by atoms with Gasteiger partial charge in [-0.2, -0.15) is 0 Å². The smallest absolute Gasteiger partial charge is 0.256 e. The van der Waals surface area contributed by atoms with Gasteiger partial charge in [0.15, 0.2) is 0 Å². The Bertz CT molecular complexity index is 3970. The van der Waals surface area contributed by atoms with Crippen LogP contribution in [0.2, 0.25) is 0 Å². The van der Waals surface area contributed by atoms with Gasteiger partial charge in [-0.25, -0.2) is 0 Å². The maximum Gasteiger partial charge on any atom is 0.256 e. The van der Waals surface area contributed by atoms with Crippen LogP contribution in [0.15, 0.2) is 170 Å². The minimum absolute atomic E-state index is 0.158. The normalized spacial score (nSPS) is 13.6. The highest BCUT2D eigenvalue weighted by atomic mass is 16.5. The van der Waals surface area contributed by atoms with Crippen molar-refractivity contribution >= 4 is 85.1 Å². The molecule has 0 fully saturated rings. The number of rotatable bonds is 11. The molecule has 9 aromatic carbocycles. The Morgan fingerprint density at radius 1 is 0.395 bits per heavy atom. The van der Waals surface area contributed by atoms with Crippen molar-refractivity contribution in [3.8, 4) is 50.9 Å². The van der Waals surface area contributed by atoms with Crippen LogP contribution >= 0.6 is 0 Å². The third-order valence-corrected chi connectivity index (χ3v) is 16.5. The molecule has 76 heavy (non-hydrogen) atoms. The maximum atomic E-state index is 7.84. The van der Waals surface area contributed by atoms with Gasteiger partial charge in [-0.15, -0.1) is 0 Å². The van der Waals surface area contributed by atoms with Gasteiger partial charge in [-0.3, -0.25) is 0 Å². The van der Waals surface area contributed by atoms with Crippen molar-refractivity contribution in [2.75, 3.05) is 4.90 Å². The molecule has 372 valence electrons. The largest absolute Gasteiger partial charge is 0.456 e. The number of benzene rings is 9. The van der Waals surface area contributed by atoms with Gasteiger partial charge < -0.3 is 18.9 Å². The number of hydrogen-bond acceptors (Lipinski definition) is 3. The third-order valence-electron chi connectivity index (χ3n) is 16.5. The van der Waals surface area contributed by atoms with Crippen LogP contribution in [-0.2, 0) is 25.7 Å². The predicted octanol–water partition coefficient (Wildman–Crippen LogP) is 14.3. The highest BCUT2D eigenvalue weighted by Crippen LogP contribution is 2.52. The van der Waals surface area contributed by atoms with Gasteiger partial charge in [-0.05, 0) is 164 Å². The van der Waals surface area contributed by atoms with E-state index in [0.29, 0.717) is 23.7 Å². The Hall–Kier alpha value is -7.69. The SMILES string of the molecule is CC(C)Cc1ccc(N2c3ccc(CC(C)C)cc3B3c4cc(-c5ccccc5)ccc4Oc4c3c2c2c3c4-n4c5ccc(CC(C)C)cc5c5cc(CC(C)C)cc(c54)B3c3cc(-c4ccccc4)ccc3O2)cc1. The lowest BCUT2D eigenvalue weighted by Gasteiger charge is -2.45. The van der Waals surface area contributed by atoms with E-state index in [1.807, 2.05) is 0 Å². The molecule has 0 N–H and O–H groups in total. The molecule has 0 unspecified atom stereocenters. The van der Waals surface area contributed by atoms with Crippen molar-refractivity contribution in [1.29, 1.82) is 0 Å². The van der Waals surface area contributed by atoms with Crippen LogP contribution in [0.25, 0.3) is 49.7 Å². The second kappa shape index (κ2) is 18.0. The van der Waals surface area contributed by atoms with Crippen molar-refractivity contribution < 1.29 is 9.47 Å². The number of fused-ring (bicyclic) bond motifs is 13. The molecule has 5 heterocycles. The first-order valence-electron chi connectivity index (χ1n) is 28.1. The van der Waals surface area contributed by atoms with Gasteiger partial charge in [-0.1, -0.05) is 177 Å². The van der Waals surface area contributed by atoms with Crippen LogP contribution in [0.5, 0.6) is 23.0 Å². The van der Waals surface area contributed by atoms with Gasteiger partial charge in [0, 0.05) is 38.6 Å². The van der Waals surface area contributed by atoms with E-state index in [-0.39, 0.29) is 13.4 Å². The fourth-order valence-corrected chi connectivity index (χ4v) is 13.6. The molecule has 4 aliphatic rings. The lowest BCUT2D eigenvalue weighted by atomic mass is 9.31. The molecule has 6 heteroatoms. The fraction of sp³-hybridized carbons (Fsp3) is 0.229. The van der Waals surface area contributed by atoms with Gasteiger partial charge in [0.2, 0.25) is 0 Å². The van der Waals surface area contributed by atoms with Crippen molar-refractivity contribution in [3.05, 3.63) is 192 Å². The highest BCUT2D eigenvalue weighted by molar-refractivity contribution is 7.02. The molecule has 4 nitrogen and oxygen atoms in total. The van der Waals surface area contributed by atoms with Gasteiger partial charge in [0.1, 0.15) is 23.0 Å². The highest BCUT2D eigenvalue weighted by Gasteiger charge is 2.51. The number of hydrogen-bond donors (Lipinski definition) is 0. The molecule has 0 bridgehead atoms. The Kier molecular flexibility index (Phi) is 11.1. The molecule has 0 spiro atoms. The molecular weight excluding hydrogens is 922 g/mol. The van der Waals surface area contributed by atoms with E-state index in [4.69, 9.17) is 9.47 Å². The summed E-state index contributed by atoms with van der Waals surface area (Å²) in [5.41, 5.74) is 24.3. The number of ether oxygens (including phenoxy) is 2. The van der Waals surface area contributed by atoms with Gasteiger partial charge >= 0.3 is 0 Å². The average molecular weight is 987 g/mol. The summed E-state index contributed by atoms with van der Waals surface area (Å²) in [5, 5.41) is 2.61. The molecule has 1 aromatic heterocycles. The van der Waals surface area contributed by atoms with E-state index in [1.165, 1.54) is 93.9 Å². The Balaban J connectivity index is 1.15. The first-order valence-corrected chi connectivity index (χ1v) is 28.1. The van der Waals surface area contributed by atoms with E-state index in [0.717, 1.165) is 76.7 Å². The van der Waals surface area contributed by atoms with Crippen LogP contribution in [0, 0.1) is 23.7 Å². The monoisotopic (exact) mass is 987 g/mol. The Labute approximate surface area is 449 Å². The zero-order valence-electron chi connectivity index (χ0n) is 45.2. The second-order valence-corrected chi connectivity index (χ2v) is 24.0. The molecule has 4 aliphatic heterocycles. The van der Waals surface area contributed by atoms with Crippen molar-refractivity contribution in [3.63, 3.8) is 0 Å². The van der Waals surface area contributed by atoms with Crippen LogP contribution < -0.4 is 47.2 Å². The third kappa shape index (κ3) is 7.49. The number of aromatic nitrogens is 1. The Morgan fingerprint density at radius 3 is 1.49 bits per heavy atom. The first kappa shape index (κ1) is 46.8. The van der Waals surface area contributed by atoms with Crippen LogP contribution in [0.1, 0.15) is 77.6 Å². The van der Waals surface area contributed by atoms with Gasteiger partial charge in [0.25, 0.3) is 13.4 Å². The number of nitrogens with zero attached hydrogens (tertiary/aromatic N) is 2. The van der Waals surface area contributed by atoms with E-state index in [1.54, 1.807) is 0 Å². The zero-order chi connectivity index (χ0) is 51.7. The Morgan fingerprint density at radius 2 is 0.882 bits per heavy atom. The van der Waals surface area contributed by atoms with E-state index < -0.39 is 0 Å². The van der Waals surface area contributed by atoms with Gasteiger partial charge in [0.05, 0.1) is 16.9 Å². The van der Waals surface area contributed by atoms with E-state index >= 15 is 0 Å². The summed E-state index contributed by atoms with van der Waals surface area (Å²) in [6, 6.07) is 64.6. The molecule has 0 atom stereocenters. The molecular formula is C70H64B2N2O2. The van der Waals surface area contributed by atoms with E-state index in [2.05, 4.69) is 235 Å². The summed E-state index contributed by atoms with van der Waals surface area (Å²) in [6.07, 6.45) is 4.01. The standard InChI is InChI=1S/C70H64B2N2O2/c1-41(2)31-45-19-25-53(26-20-45)73-61-28-22-47(33-43(5)6)37-56(61)71-57-39-51(49-15-11-9-12-16-49)23-29-62(57)76-70-64(71)67(73)69-65-68(70)74-60-27-21-46(32-42(3)4)35-54(60)55-36-48(34-44(7)8)38-59(66(55)74)72(65)58-40-52(24-30-63(58)75-69)50-17-13-10-14-18-50/h9-30,35-44H,31-34H2,1-8H3. The summed E-state index contributed by atoms with van der Waals surface area (Å²) in [5.74, 6) is 5.68. The van der Waals surface area contributed by atoms with Crippen LogP contribution in [0.3, 0.4) is 0 Å². The second-order valence-electron chi connectivity index (χ2n) is 24.0. The molecule has 0 saturated heterocycles. The average Bonchev–Trinajstić information content (AvgIpc) is 3.70. The van der Waals surface area contributed by atoms with Crippen molar-refractivity contribution in [2.45, 2.75) is 81.1 Å². The van der Waals surface area contributed by atoms with E-state index in [9.17, 15) is 0 Å². The predicted molar refractivity (Wildman–Crippen MR) is 323 cm³/mol. The molecule has 0 radical (unpaired) electrons. The quantitative estimate of drug-likeness (QED) is 0.121. The molecule has 0 saturated carbocycles. The maximum absolute atomic E-state index is 7.84. The summed E-state index contributed by atoms with van der Waals surface area (Å²) in [7, 11) is 0. The van der Waals surface area contributed by atoms with Crippen LogP contribution in [0.4, 0.5) is 17.1 Å². The fourth-order valence-electron chi connectivity index (χ4n) is 13.6.